The van der Waals surface area contributed by atoms with Gasteiger partial charge in [0.25, 0.3) is 0 Å². The number of hydrogen-bond acceptors (Lipinski definition) is 3. The number of hydrogen-bond donors (Lipinski definition) is 1. The maximum atomic E-state index is 11.5. The van der Waals surface area contributed by atoms with Gasteiger partial charge in [0, 0.05) is 19.3 Å². The number of anilines is 1. The lowest BCUT2D eigenvalue weighted by Gasteiger charge is -2.21. The smallest absolute Gasteiger partial charge is 0.339 e. The van der Waals surface area contributed by atoms with Crippen LogP contribution in [-0.4, -0.2) is 23.1 Å². The molecule has 21 heavy (non-hydrogen) atoms. The zero-order valence-corrected chi connectivity index (χ0v) is 12.8. The van der Waals surface area contributed by atoms with Gasteiger partial charge in [0.1, 0.15) is 11.4 Å². The maximum Gasteiger partial charge on any atom is 0.339 e. The predicted octanol–water partition coefficient (Wildman–Crippen LogP) is 3.34. The molecular weight excluding hydrogens is 264 g/mol. The summed E-state index contributed by atoms with van der Waals surface area (Å²) in [4.78, 5) is 17.8. The molecular formula is C17H20N2O2. The number of aryl methyl sites for hydroxylation is 3. The van der Waals surface area contributed by atoms with E-state index in [-0.39, 0.29) is 5.56 Å². The van der Waals surface area contributed by atoms with Crippen molar-refractivity contribution in [2.75, 3.05) is 11.9 Å². The summed E-state index contributed by atoms with van der Waals surface area (Å²) in [5, 5.41) is 9.42. The molecule has 2 aromatic rings. The highest BCUT2D eigenvalue weighted by molar-refractivity contribution is 5.95. The summed E-state index contributed by atoms with van der Waals surface area (Å²) in [6.45, 7) is 6.35. The van der Waals surface area contributed by atoms with Crippen LogP contribution in [0.15, 0.2) is 30.3 Å². The van der Waals surface area contributed by atoms with E-state index in [4.69, 9.17) is 0 Å². The number of carbonyl (C=O) groups is 1. The van der Waals surface area contributed by atoms with E-state index in [0.717, 1.165) is 16.8 Å². The van der Waals surface area contributed by atoms with Gasteiger partial charge in [-0.1, -0.05) is 29.8 Å². The quantitative estimate of drug-likeness (QED) is 0.935. The molecule has 0 radical (unpaired) electrons. The fourth-order valence-electron chi connectivity index (χ4n) is 2.40. The van der Waals surface area contributed by atoms with Crippen LogP contribution in [0.3, 0.4) is 0 Å². The van der Waals surface area contributed by atoms with E-state index in [1.807, 2.05) is 25.8 Å². The average Bonchev–Trinajstić information content (AvgIpc) is 2.39. The Morgan fingerprint density at radius 3 is 2.38 bits per heavy atom. The first-order valence-corrected chi connectivity index (χ1v) is 6.86. The largest absolute Gasteiger partial charge is 0.478 e. The second-order valence-corrected chi connectivity index (χ2v) is 5.43. The van der Waals surface area contributed by atoms with Gasteiger partial charge in [0.2, 0.25) is 0 Å². The normalized spacial score (nSPS) is 10.5. The lowest BCUT2D eigenvalue weighted by atomic mass is 10.1. The molecule has 1 aromatic carbocycles. The van der Waals surface area contributed by atoms with Gasteiger partial charge in [0.15, 0.2) is 0 Å². The highest BCUT2D eigenvalue weighted by Crippen LogP contribution is 2.23. The van der Waals surface area contributed by atoms with E-state index in [2.05, 4.69) is 29.2 Å². The van der Waals surface area contributed by atoms with Gasteiger partial charge in [-0.25, -0.2) is 9.78 Å². The van der Waals surface area contributed by atoms with Crippen molar-refractivity contribution in [3.63, 3.8) is 0 Å². The fourth-order valence-corrected chi connectivity index (χ4v) is 2.40. The van der Waals surface area contributed by atoms with Crippen molar-refractivity contribution in [2.45, 2.75) is 27.3 Å². The third kappa shape index (κ3) is 3.40. The van der Waals surface area contributed by atoms with Crippen LogP contribution in [0.5, 0.6) is 0 Å². The first-order valence-electron chi connectivity index (χ1n) is 6.86. The molecule has 0 aliphatic carbocycles. The molecule has 0 unspecified atom stereocenters. The van der Waals surface area contributed by atoms with Crippen molar-refractivity contribution in [2.24, 2.45) is 0 Å². The van der Waals surface area contributed by atoms with Crippen molar-refractivity contribution >= 4 is 11.8 Å². The Labute approximate surface area is 125 Å². The fraction of sp³-hybridized carbons (Fsp3) is 0.294. The van der Waals surface area contributed by atoms with Gasteiger partial charge in [-0.05, 0) is 38.0 Å². The minimum Gasteiger partial charge on any atom is -0.478 e. The molecule has 0 saturated heterocycles. The molecule has 1 aromatic heterocycles. The summed E-state index contributed by atoms with van der Waals surface area (Å²) in [5.41, 5.74) is 4.16. The van der Waals surface area contributed by atoms with Crippen LogP contribution in [0.2, 0.25) is 0 Å². The molecule has 4 heteroatoms. The molecule has 4 nitrogen and oxygen atoms in total. The SMILES string of the molecule is Cc1ccc(CN(C)c2nc(C)cc(C)c2C(=O)O)cc1. The number of rotatable bonds is 4. The van der Waals surface area contributed by atoms with Gasteiger partial charge in [-0.2, -0.15) is 0 Å². The van der Waals surface area contributed by atoms with E-state index in [0.29, 0.717) is 12.4 Å². The van der Waals surface area contributed by atoms with E-state index in [1.54, 1.807) is 13.0 Å². The van der Waals surface area contributed by atoms with Gasteiger partial charge in [-0.3, -0.25) is 0 Å². The van der Waals surface area contributed by atoms with Crippen molar-refractivity contribution < 1.29 is 9.90 Å². The van der Waals surface area contributed by atoms with Gasteiger partial charge in [-0.15, -0.1) is 0 Å². The first kappa shape index (κ1) is 15.0. The number of aromatic nitrogens is 1. The number of carboxylic acid groups (broad SMARTS) is 1. The van der Waals surface area contributed by atoms with Gasteiger partial charge >= 0.3 is 5.97 Å². The summed E-state index contributed by atoms with van der Waals surface area (Å²) >= 11 is 0. The minimum absolute atomic E-state index is 0.273. The summed E-state index contributed by atoms with van der Waals surface area (Å²) in [5.74, 6) is -0.425. The molecule has 0 fully saturated rings. The Kier molecular flexibility index (Phi) is 4.26. The highest BCUT2D eigenvalue weighted by Gasteiger charge is 2.18. The number of carboxylic acids is 1. The van der Waals surface area contributed by atoms with Crippen LogP contribution >= 0.6 is 0 Å². The molecule has 1 heterocycles. The molecule has 1 N–H and O–H groups in total. The predicted molar refractivity (Wildman–Crippen MR) is 84.0 cm³/mol. The zero-order chi connectivity index (χ0) is 15.6. The Balaban J connectivity index is 2.36. The molecule has 0 amide bonds. The zero-order valence-electron chi connectivity index (χ0n) is 12.8. The van der Waals surface area contributed by atoms with Crippen LogP contribution in [0.1, 0.15) is 32.7 Å². The van der Waals surface area contributed by atoms with Crippen molar-refractivity contribution in [1.82, 2.24) is 4.98 Å². The number of benzene rings is 1. The third-order valence-corrected chi connectivity index (χ3v) is 3.44. The summed E-state index contributed by atoms with van der Waals surface area (Å²) in [6, 6.07) is 10.0. The number of nitrogens with zero attached hydrogens (tertiary/aromatic N) is 2. The molecule has 0 bridgehead atoms. The van der Waals surface area contributed by atoms with E-state index >= 15 is 0 Å². The van der Waals surface area contributed by atoms with E-state index in [9.17, 15) is 9.90 Å². The Morgan fingerprint density at radius 1 is 1.19 bits per heavy atom. The van der Waals surface area contributed by atoms with Crippen LogP contribution in [0.4, 0.5) is 5.82 Å². The molecule has 0 aliphatic heterocycles. The molecule has 0 aliphatic rings. The molecule has 0 saturated carbocycles. The second-order valence-electron chi connectivity index (χ2n) is 5.43. The summed E-state index contributed by atoms with van der Waals surface area (Å²) in [6.07, 6.45) is 0. The van der Waals surface area contributed by atoms with Crippen LogP contribution in [-0.2, 0) is 6.54 Å². The van der Waals surface area contributed by atoms with Crippen LogP contribution in [0.25, 0.3) is 0 Å². The number of pyridine rings is 1. The standard InChI is InChI=1S/C17H20N2O2/c1-11-5-7-14(8-6-11)10-19(4)16-15(17(20)21)12(2)9-13(3)18-16/h5-9H,10H2,1-4H3,(H,20,21). The molecule has 110 valence electrons. The monoisotopic (exact) mass is 284 g/mol. The van der Waals surface area contributed by atoms with Gasteiger partial charge in [0.05, 0.1) is 0 Å². The minimum atomic E-state index is -0.939. The Hall–Kier alpha value is -2.36. The second kappa shape index (κ2) is 5.95. The lowest BCUT2D eigenvalue weighted by molar-refractivity contribution is 0.0696. The molecule has 0 spiro atoms. The molecule has 2 rings (SSSR count). The summed E-state index contributed by atoms with van der Waals surface area (Å²) < 4.78 is 0. The van der Waals surface area contributed by atoms with Gasteiger partial charge < -0.3 is 10.0 Å². The van der Waals surface area contributed by atoms with E-state index < -0.39 is 5.97 Å². The maximum absolute atomic E-state index is 11.5. The van der Waals surface area contributed by atoms with Crippen LogP contribution in [0, 0.1) is 20.8 Å². The van der Waals surface area contributed by atoms with Crippen molar-refractivity contribution in [1.29, 1.82) is 0 Å². The molecule has 0 atom stereocenters. The highest BCUT2D eigenvalue weighted by atomic mass is 16.4. The van der Waals surface area contributed by atoms with E-state index in [1.165, 1.54) is 5.56 Å². The van der Waals surface area contributed by atoms with Crippen molar-refractivity contribution in [3.05, 3.63) is 58.3 Å². The van der Waals surface area contributed by atoms with Crippen LogP contribution < -0.4 is 4.90 Å². The Morgan fingerprint density at radius 2 is 1.81 bits per heavy atom. The first-order chi connectivity index (χ1) is 9.88. The topological polar surface area (TPSA) is 53.4 Å². The Bertz CT molecular complexity index is 663. The lowest BCUT2D eigenvalue weighted by Crippen LogP contribution is -2.22. The van der Waals surface area contributed by atoms with Crippen molar-refractivity contribution in [3.8, 4) is 0 Å². The third-order valence-electron chi connectivity index (χ3n) is 3.44. The summed E-state index contributed by atoms with van der Waals surface area (Å²) in [7, 11) is 1.87. The average molecular weight is 284 g/mol. The number of aromatic carboxylic acids is 1.